The first-order valence-electron chi connectivity index (χ1n) is 8.78. The van der Waals surface area contributed by atoms with Gasteiger partial charge in [0.15, 0.2) is 5.82 Å². The molecule has 0 amide bonds. The lowest BCUT2D eigenvalue weighted by atomic mass is 10.1. The van der Waals surface area contributed by atoms with Crippen LogP contribution in [0.5, 0.6) is 0 Å². The number of aromatic amines is 2. The lowest BCUT2D eigenvalue weighted by molar-refractivity contribution is 0.287. The van der Waals surface area contributed by atoms with Crippen molar-refractivity contribution in [3.8, 4) is 11.4 Å². The van der Waals surface area contributed by atoms with Gasteiger partial charge >= 0.3 is 0 Å². The fourth-order valence-corrected chi connectivity index (χ4v) is 2.89. The zero-order valence-electron chi connectivity index (χ0n) is 14.8. The summed E-state index contributed by atoms with van der Waals surface area (Å²) in [4.78, 5) is 2.99. The molecular weight excluding hydrogens is 364 g/mol. The molecule has 0 unspecified atom stereocenters. The Balaban J connectivity index is 1.68. The minimum absolute atomic E-state index is 0.0507. The molecule has 0 aliphatic carbocycles. The van der Waals surface area contributed by atoms with Crippen LogP contribution in [0.25, 0.3) is 34.4 Å². The first kappa shape index (κ1) is 18.0. The lowest BCUT2D eigenvalue weighted by Gasteiger charge is -2.00. The van der Waals surface area contributed by atoms with Crippen molar-refractivity contribution in [2.24, 2.45) is 0 Å². The van der Waals surface area contributed by atoms with Gasteiger partial charge in [0.05, 0.1) is 16.8 Å². The fourth-order valence-electron chi connectivity index (χ4n) is 2.89. The highest BCUT2D eigenvalue weighted by Gasteiger charge is 2.14. The molecule has 0 aliphatic heterocycles. The molecule has 0 bridgehead atoms. The Kier molecular flexibility index (Phi) is 4.94. The van der Waals surface area contributed by atoms with Gasteiger partial charge in [-0.05, 0) is 36.3 Å². The molecule has 0 saturated heterocycles. The Labute approximate surface area is 159 Å². The normalized spacial score (nSPS) is 11.7. The number of hydrogen-bond acceptors (Lipinski definition) is 4. The van der Waals surface area contributed by atoms with Gasteiger partial charge in [-0.3, -0.25) is 5.10 Å². The Hall–Kier alpha value is -3.39. The molecular formula is C20H17F2N5O. The molecule has 28 heavy (non-hydrogen) atoms. The molecule has 4 rings (SSSR count). The number of aliphatic hydroxyl groups excluding tert-OH is 1. The van der Waals surface area contributed by atoms with E-state index in [9.17, 15) is 8.78 Å². The van der Waals surface area contributed by atoms with E-state index in [1.165, 1.54) is 18.2 Å². The summed E-state index contributed by atoms with van der Waals surface area (Å²) in [6, 6.07) is 9.11. The van der Waals surface area contributed by atoms with E-state index in [-0.39, 0.29) is 18.0 Å². The second kappa shape index (κ2) is 7.69. The van der Waals surface area contributed by atoms with Crippen molar-refractivity contribution in [3.05, 3.63) is 65.1 Å². The Morgan fingerprint density at radius 3 is 2.64 bits per heavy atom. The van der Waals surface area contributed by atoms with E-state index < -0.39 is 5.82 Å². The van der Waals surface area contributed by atoms with Crippen LogP contribution in [0.3, 0.4) is 0 Å². The number of nitrogens with zero attached hydrogens (tertiary/aromatic N) is 3. The SMILES string of the molecule is OCCCc1nnc(-c2cc3c(/C=C/c4ccc(F)cc4)n[nH]c3cc2F)[nH]1. The van der Waals surface area contributed by atoms with Crippen LogP contribution in [0.15, 0.2) is 36.4 Å². The lowest BCUT2D eigenvalue weighted by Crippen LogP contribution is -1.92. The van der Waals surface area contributed by atoms with Gasteiger partial charge in [0.2, 0.25) is 0 Å². The molecule has 6 nitrogen and oxygen atoms in total. The van der Waals surface area contributed by atoms with Crippen molar-refractivity contribution < 1.29 is 13.9 Å². The van der Waals surface area contributed by atoms with E-state index in [4.69, 9.17) is 5.11 Å². The van der Waals surface area contributed by atoms with E-state index in [1.54, 1.807) is 30.4 Å². The number of rotatable bonds is 6. The number of aryl methyl sites for hydroxylation is 1. The second-order valence-electron chi connectivity index (χ2n) is 6.32. The van der Waals surface area contributed by atoms with Crippen LogP contribution in [0.1, 0.15) is 23.5 Å². The third-order valence-corrected chi connectivity index (χ3v) is 4.34. The predicted octanol–water partition coefficient (Wildman–Crippen LogP) is 3.72. The molecule has 8 heteroatoms. The maximum absolute atomic E-state index is 14.5. The zero-order chi connectivity index (χ0) is 19.5. The first-order chi connectivity index (χ1) is 13.6. The van der Waals surface area contributed by atoms with Crippen LogP contribution >= 0.6 is 0 Å². The third kappa shape index (κ3) is 3.67. The average Bonchev–Trinajstić information content (AvgIpc) is 3.32. The number of H-pyrrole nitrogens is 2. The van der Waals surface area contributed by atoms with Gasteiger partial charge in [-0.15, -0.1) is 10.2 Å². The average molecular weight is 381 g/mol. The van der Waals surface area contributed by atoms with Crippen LogP contribution in [0.4, 0.5) is 8.78 Å². The maximum atomic E-state index is 14.5. The quantitative estimate of drug-likeness (QED) is 0.475. The van der Waals surface area contributed by atoms with Crippen LogP contribution in [0, 0.1) is 11.6 Å². The standard InChI is InChI=1S/C20H17F2N5O/c21-13-6-3-12(4-7-13)5-8-17-15-10-14(16(22)11-18(15)25-24-17)20-23-19(26-27-20)2-1-9-28/h3-8,10-11,28H,1-2,9H2,(H,24,25)(H,23,26,27)/b8-5+. The molecule has 142 valence electrons. The van der Waals surface area contributed by atoms with E-state index >= 15 is 0 Å². The van der Waals surface area contributed by atoms with E-state index in [0.717, 1.165) is 10.9 Å². The molecule has 0 saturated carbocycles. The third-order valence-electron chi connectivity index (χ3n) is 4.34. The number of aliphatic hydroxyl groups is 1. The Morgan fingerprint density at radius 2 is 1.86 bits per heavy atom. The smallest absolute Gasteiger partial charge is 0.164 e. The molecule has 2 aromatic heterocycles. The molecule has 2 aromatic carbocycles. The number of fused-ring (bicyclic) bond motifs is 1. The zero-order valence-corrected chi connectivity index (χ0v) is 14.8. The topological polar surface area (TPSA) is 90.5 Å². The van der Waals surface area contributed by atoms with E-state index in [2.05, 4.69) is 25.4 Å². The van der Waals surface area contributed by atoms with Crippen LogP contribution < -0.4 is 0 Å². The summed E-state index contributed by atoms with van der Waals surface area (Å²) in [5.74, 6) is 0.164. The molecule has 0 atom stereocenters. The summed E-state index contributed by atoms with van der Waals surface area (Å²) in [5, 5.41) is 24.7. The highest BCUT2D eigenvalue weighted by Crippen LogP contribution is 2.27. The highest BCUT2D eigenvalue weighted by molar-refractivity contribution is 5.92. The number of hydrogen-bond donors (Lipinski definition) is 3. The fraction of sp³-hybridized carbons (Fsp3) is 0.150. The molecule has 2 heterocycles. The van der Waals surface area contributed by atoms with E-state index in [1.807, 2.05) is 0 Å². The molecule has 0 spiro atoms. The van der Waals surface area contributed by atoms with Gasteiger partial charge in [0, 0.05) is 24.5 Å². The van der Waals surface area contributed by atoms with Crippen molar-refractivity contribution in [1.82, 2.24) is 25.4 Å². The number of halogens is 2. The van der Waals surface area contributed by atoms with Crippen molar-refractivity contribution >= 4 is 23.1 Å². The summed E-state index contributed by atoms with van der Waals surface area (Å²) in [7, 11) is 0. The highest BCUT2D eigenvalue weighted by atomic mass is 19.1. The largest absolute Gasteiger partial charge is 0.396 e. The predicted molar refractivity (Wildman–Crippen MR) is 102 cm³/mol. The molecule has 3 N–H and O–H groups in total. The molecule has 0 fully saturated rings. The summed E-state index contributed by atoms with van der Waals surface area (Å²) < 4.78 is 27.6. The molecule has 0 radical (unpaired) electrons. The van der Waals surface area contributed by atoms with Gasteiger partial charge in [0.25, 0.3) is 0 Å². The van der Waals surface area contributed by atoms with Crippen LogP contribution in [0.2, 0.25) is 0 Å². The number of aromatic nitrogens is 5. The summed E-state index contributed by atoms with van der Waals surface area (Å²) in [5.41, 5.74) is 2.29. The Bertz CT molecular complexity index is 1130. The maximum Gasteiger partial charge on any atom is 0.164 e. The number of benzene rings is 2. The van der Waals surface area contributed by atoms with Gasteiger partial charge in [-0.2, -0.15) is 5.10 Å². The van der Waals surface area contributed by atoms with Gasteiger partial charge in [-0.1, -0.05) is 18.2 Å². The number of nitrogens with one attached hydrogen (secondary N) is 2. The van der Waals surface area contributed by atoms with Gasteiger partial charge in [-0.25, -0.2) is 8.78 Å². The summed E-state index contributed by atoms with van der Waals surface area (Å²) in [6.45, 7) is 0.0507. The van der Waals surface area contributed by atoms with Gasteiger partial charge < -0.3 is 10.1 Å². The van der Waals surface area contributed by atoms with Crippen molar-refractivity contribution in [2.75, 3.05) is 6.61 Å². The minimum atomic E-state index is -0.449. The van der Waals surface area contributed by atoms with Crippen molar-refractivity contribution in [3.63, 3.8) is 0 Å². The second-order valence-corrected chi connectivity index (χ2v) is 6.32. The van der Waals surface area contributed by atoms with Crippen LogP contribution in [-0.4, -0.2) is 37.1 Å². The van der Waals surface area contributed by atoms with E-state index in [0.29, 0.717) is 35.7 Å². The van der Waals surface area contributed by atoms with Gasteiger partial charge in [0.1, 0.15) is 17.5 Å². The minimum Gasteiger partial charge on any atom is -0.396 e. The summed E-state index contributed by atoms with van der Waals surface area (Å²) >= 11 is 0. The van der Waals surface area contributed by atoms with Crippen molar-refractivity contribution in [2.45, 2.75) is 12.8 Å². The molecule has 4 aromatic rings. The van der Waals surface area contributed by atoms with Crippen molar-refractivity contribution in [1.29, 1.82) is 0 Å². The monoisotopic (exact) mass is 381 g/mol. The Morgan fingerprint density at radius 1 is 1.04 bits per heavy atom. The molecule has 0 aliphatic rings. The van der Waals surface area contributed by atoms with Crippen LogP contribution in [-0.2, 0) is 6.42 Å². The first-order valence-corrected chi connectivity index (χ1v) is 8.78. The summed E-state index contributed by atoms with van der Waals surface area (Å²) in [6.07, 6.45) is 4.67.